The van der Waals surface area contributed by atoms with Gasteiger partial charge in [-0.15, -0.1) is 13.2 Å². The van der Waals surface area contributed by atoms with Crippen LogP contribution in [-0.4, -0.2) is 16.3 Å². The van der Waals surface area contributed by atoms with E-state index in [0.29, 0.717) is 9.99 Å². The number of aromatic amines is 1. The topological polar surface area (TPSA) is 37.9 Å². The molecule has 2 rings (SSSR count). The number of nitrogens with one attached hydrogen (secondary N) is 1. The van der Waals surface area contributed by atoms with Crippen molar-refractivity contribution in [1.29, 1.82) is 0 Å². The number of H-pyrrole nitrogens is 1. The second-order valence-electron chi connectivity index (χ2n) is 2.72. The van der Waals surface area contributed by atoms with Crippen molar-refractivity contribution in [3.05, 3.63) is 22.9 Å². The van der Waals surface area contributed by atoms with Crippen LogP contribution >= 0.6 is 15.9 Å². The number of hydrogen-bond donors (Lipinski definition) is 1. The van der Waals surface area contributed by atoms with Gasteiger partial charge in [-0.05, 0) is 28.1 Å². The lowest BCUT2D eigenvalue weighted by Crippen LogP contribution is -2.17. The lowest BCUT2D eigenvalue weighted by atomic mass is 10.3. The van der Waals surface area contributed by atoms with E-state index >= 15 is 0 Å². The number of ether oxygens (including phenoxy) is 1. The first-order chi connectivity index (χ1) is 6.97. The van der Waals surface area contributed by atoms with E-state index in [0.717, 1.165) is 0 Å². The molecule has 3 nitrogen and oxygen atoms in total. The van der Waals surface area contributed by atoms with Crippen molar-refractivity contribution in [2.45, 2.75) is 6.36 Å². The molecule has 0 saturated heterocycles. The van der Waals surface area contributed by atoms with Gasteiger partial charge in [-0.2, -0.15) is 0 Å². The Morgan fingerprint density at radius 2 is 2.07 bits per heavy atom. The molecule has 0 aliphatic heterocycles. The standard InChI is InChI=1S/C8H4BrF3N2O/c9-4-1-2-5(15-8(10,11)12)7-6(4)13-3-14-7/h1-3H,(H,13,14). The van der Waals surface area contributed by atoms with Crippen LogP contribution in [0.3, 0.4) is 0 Å². The molecule has 80 valence electrons. The lowest BCUT2D eigenvalue weighted by molar-refractivity contribution is -0.274. The molecule has 0 aliphatic rings. The fourth-order valence-corrected chi connectivity index (χ4v) is 1.62. The molecule has 0 saturated carbocycles. The number of alkyl halides is 3. The van der Waals surface area contributed by atoms with Gasteiger partial charge in [0.25, 0.3) is 0 Å². The highest BCUT2D eigenvalue weighted by Gasteiger charge is 2.32. The van der Waals surface area contributed by atoms with Gasteiger partial charge in [0.2, 0.25) is 0 Å². The van der Waals surface area contributed by atoms with Crippen molar-refractivity contribution in [1.82, 2.24) is 9.97 Å². The van der Waals surface area contributed by atoms with Crippen molar-refractivity contribution in [3.8, 4) is 5.75 Å². The van der Waals surface area contributed by atoms with Crippen LogP contribution in [0.1, 0.15) is 0 Å². The minimum absolute atomic E-state index is 0.210. The second kappa shape index (κ2) is 3.41. The molecule has 1 N–H and O–H groups in total. The van der Waals surface area contributed by atoms with Gasteiger partial charge in [-0.3, -0.25) is 0 Å². The van der Waals surface area contributed by atoms with Crippen LogP contribution in [0, 0.1) is 0 Å². The minimum Gasteiger partial charge on any atom is -0.403 e. The molecule has 1 aromatic heterocycles. The van der Waals surface area contributed by atoms with Crippen LogP contribution in [0.25, 0.3) is 11.0 Å². The molecule has 1 aromatic carbocycles. The van der Waals surface area contributed by atoms with Crippen LogP contribution in [0.5, 0.6) is 5.75 Å². The molecule has 15 heavy (non-hydrogen) atoms. The highest BCUT2D eigenvalue weighted by molar-refractivity contribution is 9.10. The zero-order chi connectivity index (χ0) is 11.1. The number of fused-ring (bicyclic) bond motifs is 1. The Morgan fingerprint density at radius 3 is 2.73 bits per heavy atom. The number of imidazole rings is 1. The van der Waals surface area contributed by atoms with Crippen LogP contribution in [0.2, 0.25) is 0 Å². The quantitative estimate of drug-likeness (QED) is 0.871. The summed E-state index contributed by atoms with van der Waals surface area (Å²) in [6, 6.07) is 2.67. The first-order valence-corrected chi connectivity index (χ1v) is 4.64. The van der Waals surface area contributed by atoms with E-state index in [4.69, 9.17) is 0 Å². The average Bonchev–Trinajstić information content (AvgIpc) is 2.57. The predicted molar refractivity (Wildman–Crippen MR) is 50.5 cm³/mol. The van der Waals surface area contributed by atoms with Crippen molar-refractivity contribution < 1.29 is 17.9 Å². The Balaban J connectivity index is 2.53. The number of benzene rings is 1. The van der Waals surface area contributed by atoms with Gasteiger partial charge in [-0.1, -0.05) is 0 Å². The van der Waals surface area contributed by atoms with Gasteiger partial charge >= 0.3 is 6.36 Å². The smallest absolute Gasteiger partial charge is 0.403 e. The molecule has 0 unspecified atom stereocenters. The Bertz CT molecular complexity index is 494. The molecule has 0 aliphatic carbocycles. The van der Waals surface area contributed by atoms with Gasteiger partial charge in [0, 0.05) is 4.47 Å². The summed E-state index contributed by atoms with van der Waals surface area (Å²) in [5.74, 6) is -0.293. The fourth-order valence-electron chi connectivity index (χ4n) is 1.18. The van der Waals surface area contributed by atoms with Crippen molar-refractivity contribution >= 4 is 27.0 Å². The zero-order valence-electron chi connectivity index (χ0n) is 7.10. The number of aromatic nitrogens is 2. The third kappa shape index (κ3) is 2.06. The van der Waals surface area contributed by atoms with E-state index in [9.17, 15) is 13.2 Å². The summed E-state index contributed by atoms with van der Waals surface area (Å²) in [6.07, 6.45) is -3.40. The Morgan fingerprint density at radius 1 is 1.33 bits per heavy atom. The lowest BCUT2D eigenvalue weighted by Gasteiger charge is -2.09. The molecule has 0 atom stereocenters. The fraction of sp³-hybridized carbons (Fsp3) is 0.125. The molecule has 1 heterocycles. The second-order valence-corrected chi connectivity index (χ2v) is 3.57. The SMILES string of the molecule is FC(F)(F)Oc1ccc(Br)c2nc[nH]c12. The van der Waals surface area contributed by atoms with Gasteiger partial charge in [0.15, 0.2) is 5.75 Å². The Labute approximate surface area is 90.4 Å². The third-order valence-electron chi connectivity index (χ3n) is 1.72. The summed E-state index contributed by atoms with van der Waals surface area (Å²) in [6.45, 7) is 0. The van der Waals surface area contributed by atoms with E-state index in [-0.39, 0.29) is 11.3 Å². The summed E-state index contributed by atoms with van der Waals surface area (Å²) >= 11 is 3.17. The van der Waals surface area contributed by atoms with E-state index in [1.54, 1.807) is 0 Å². The summed E-state index contributed by atoms with van der Waals surface area (Å²) < 4.78 is 40.5. The maximum absolute atomic E-state index is 12.0. The summed E-state index contributed by atoms with van der Waals surface area (Å²) in [7, 11) is 0. The molecular formula is C8H4BrF3N2O. The van der Waals surface area contributed by atoms with E-state index in [1.165, 1.54) is 18.5 Å². The molecule has 0 amide bonds. The third-order valence-corrected chi connectivity index (χ3v) is 2.36. The largest absolute Gasteiger partial charge is 0.573 e. The number of halogens is 4. The van der Waals surface area contributed by atoms with E-state index < -0.39 is 6.36 Å². The van der Waals surface area contributed by atoms with Gasteiger partial charge in [0.1, 0.15) is 11.0 Å². The molecule has 0 radical (unpaired) electrons. The van der Waals surface area contributed by atoms with Crippen molar-refractivity contribution in [2.24, 2.45) is 0 Å². The van der Waals surface area contributed by atoms with E-state index in [1.807, 2.05) is 0 Å². The Kier molecular flexibility index (Phi) is 2.34. The minimum atomic E-state index is -4.70. The normalized spacial score (nSPS) is 12.0. The van der Waals surface area contributed by atoms with Crippen molar-refractivity contribution in [2.75, 3.05) is 0 Å². The van der Waals surface area contributed by atoms with Gasteiger partial charge < -0.3 is 9.72 Å². The predicted octanol–water partition coefficient (Wildman–Crippen LogP) is 3.22. The van der Waals surface area contributed by atoms with Crippen molar-refractivity contribution in [3.63, 3.8) is 0 Å². The molecule has 7 heteroatoms. The molecular weight excluding hydrogens is 277 g/mol. The van der Waals surface area contributed by atoms with Gasteiger partial charge in [-0.25, -0.2) is 4.98 Å². The summed E-state index contributed by atoms with van der Waals surface area (Å²) in [4.78, 5) is 6.44. The number of hydrogen-bond acceptors (Lipinski definition) is 2. The average molecular weight is 281 g/mol. The number of rotatable bonds is 1. The highest BCUT2D eigenvalue weighted by atomic mass is 79.9. The first kappa shape index (κ1) is 10.3. The molecule has 0 spiro atoms. The van der Waals surface area contributed by atoms with E-state index in [2.05, 4.69) is 30.6 Å². The van der Waals surface area contributed by atoms with Crippen LogP contribution in [-0.2, 0) is 0 Å². The number of nitrogens with zero attached hydrogens (tertiary/aromatic N) is 1. The zero-order valence-corrected chi connectivity index (χ0v) is 8.69. The Hall–Kier alpha value is -1.24. The molecule has 0 fully saturated rings. The maximum atomic E-state index is 12.0. The van der Waals surface area contributed by atoms with Crippen LogP contribution < -0.4 is 4.74 Å². The molecule has 0 bridgehead atoms. The molecule has 2 aromatic rings. The summed E-state index contributed by atoms with van der Waals surface area (Å²) in [5, 5.41) is 0. The van der Waals surface area contributed by atoms with Crippen LogP contribution in [0.4, 0.5) is 13.2 Å². The summed E-state index contributed by atoms with van der Waals surface area (Å²) in [5.41, 5.74) is 0.610. The first-order valence-electron chi connectivity index (χ1n) is 3.85. The highest BCUT2D eigenvalue weighted by Crippen LogP contribution is 2.32. The van der Waals surface area contributed by atoms with Gasteiger partial charge in [0.05, 0.1) is 6.33 Å². The maximum Gasteiger partial charge on any atom is 0.573 e. The monoisotopic (exact) mass is 280 g/mol. The van der Waals surface area contributed by atoms with Crippen LogP contribution in [0.15, 0.2) is 22.9 Å².